The number of rotatable bonds is 4. The third-order valence-corrected chi connectivity index (χ3v) is 3.48. The van der Waals surface area contributed by atoms with Crippen LogP contribution < -0.4 is 0 Å². The maximum absolute atomic E-state index is 12.4. The quantitative estimate of drug-likeness (QED) is 0.732. The summed E-state index contributed by atoms with van der Waals surface area (Å²) in [4.78, 5) is 26.5. The summed E-state index contributed by atoms with van der Waals surface area (Å²) in [6, 6.07) is 3.53. The number of carbonyl (C=O) groups is 1. The SMILES string of the molecule is CCN(CC)C(=O)c1cc2cncc(-c3ccncn3)n2n1. The summed E-state index contributed by atoms with van der Waals surface area (Å²) in [6.07, 6.45) is 6.48. The van der Waals surface area contributed by atoms with E-state index in [-0.39, 0.29) is 5.91 Å². The van der Waals surface area contributed by atoms with Crippen molar-refractivity contribution in [1.82, 2.24) is 29.5 Å². The number of hydrogen-bond donors (Lipinski definition) is 0. The summed E-state index contributed by atoms with van der Waals surface area (Å²) in [5, 5.41) is 4.43. The molecule has 0 aliphatic heterocycles. The van der Waals surface area contributed by atoms with Crippen molar-refractivity contribution in [3.63, 3.8) is 0 Å². The number of hydrogen-bond acceptors (Lipinski definition) is 5. The highest BCUT2D eigenvalue weighted by atomic mass is 16.2. The number of aromatic nitrogens is 5. The van der Waals surface area contributed by atoms with E-state index in [1.54, 1.807) is 40.1 Å². The summed E-state index contributed by atoms with van der Waals surface area (Å²) < 4.78 is 1.69. The van der Waals surface area contributed by atoms with Gasteiger partial charge in [-0.1, -0.05) is 0 Å². The van der Waals surface area contributed by atoms with Gasteiger partial charge in [-0.3, -0.25) is 9.78 Å². The minimum Gasteiger partial charge on any atom is -0.338 e. The fourth-order valence-corrected chi connectivity index (χ4v) is 2.31. The Labute approximate surface area is 127 Å². The Morgan fingerprint density at radius 2 is 2.05 bits per heavy atom. The van der Waals surface area contributed by atoms with Gasteiger partial charge >= 0.3 is 0 Å². The molecular weight excluding hydrogens is 280 g/mol. The second-order valence-corrected chi connectivity index (χ2v) is 4.73. The van der Waals surface area contributed by atoms with Crippen LogP contribution in [0, 0.1) is 0 Å². The van der Waals surface area contributed by atoms with Gasteiger partial charge in [0.1, 0.15) is 12.0 Å². The van der Waals surface area contributed by atoms with Crippen molar-refractivity contribution in [3.05, 3.63) is 42.7 Å². The highest BCUT2D eigenvalue weighted by Gasteiger charge is 2.17. The van der Waals surface area contributed by atoms with Crippen molar-refractivity contribution in [2.24, 2.45) is 0 Å². The summed E-state index contributed by atoms with van der Waals surface area (Å²) >= 11 is 0. The largest absolute Gasteiger partial charge is 0.338 e. The minimum absolute atomic E-state index is 0.0812. The number of carbonyl (C=O) groups excluding carboxylic acids is 1. The molecule has 0 aliphatic rings. The molecule has 7 heteroatoms. The molecule has 0 bridgehead atoms. The lowest BCUT2D eigenvalue weighted by atomic mass is 10.3. The molecule has 22 heavy (non-hydrogen) atoms. The van der Waals surface area contributed by atoms with E-state index in [1.807, 2.05) is 13.8 Å². The molecule has 0 aromatic carbocycles. The monoisotopic (exact) mass is 296 g/mol. The molecule has 7 nitrogen and oxygen atoms in total. The number of nitrogens with zero attached hydrogens (tertiary/aromatic N) is 6. The number of fused-ring (bicyclic) bond motifs is 1. The van der Waals surface area contributed by atoms with Crippen LogP contribution in [0.2, 0.25) is 0 Å². The van der Waals surface area contributed by atoms with Crippen LogP contribution in [-0.2, 0) is 0 Å². The zero-order valence-electron chi connectivity index (χ0n) is 12.5. The predicted molar refractivity (Wildman–Crippen MR) is 81.3 cm³/mol. The zero-order valence-corrected chi connectivity index (χ0v) is 12.5. The molecule has 0 N–H and O–H groups in total. The lowest BCUT2D eigenvalue weighted by Crippen LogP contribution is -2.30. The van der Waals surface area contributed by atoms with Crippen molar-refractivity contribution < 1.29 is 4.79 Å². The molecule has 3 aromatic rings. The van der Waals surface area contributed by atoms with Gasteiger partial charge in [-0.05, 0) is 26.0 Å². The van der Waals surface area contributed by atoms with Crippen LogP contribution in [0.5, 0.6) is 0 Å². The molecule has 0 aliphatic carbocycles. The van der Waals surface area contributed by atoms with E-state index in [2.05, 4.69) is 20.1 Å². The van der Waals surface area contributed by atoms with Crippen molar-refractivity contribution in [2.45, 2.75) is 13.8 Å². The second-order valence-electron chi connectivity index (χ2n) is 4.73. The van der Waals surface area contributed by atoms with Crippen LogP contribution in [0.4, 0.5) is 0 Å². The summed E-state index contributed by atoms with van der Waals surface area (Å²) in [5.41, 5.74) is 2.59. The van der Waals surface area contributed by atoms with Crippen LogP contribution in [0.1, 0.15) is 24.3 Å². The predicted octanol–water partition coefficient (Wildman–Crippen LogP) is 1.67. The van der Waals surface area contributed by atoms with Gasteiger partial charge in [0.25, 0.3) is 5.91 Å². The van der Waals surface area contributed by atoms with E-state index < -0.39 is 0 Å². The Morgan fingerprint density at radius 3 is 2.73 bits per heavy atom. The Kier molecular flexibility index (Phi) is 3.78. The molecular formula is C15H16N6O. The fraction of sp³-hybridized carbons (Fsp3) is 0.267. The van der Waals surface area contributed by atoms with Crippen LogP contribution >= 0.6 is 0 Å². The Balaban J connectivity index is 2.09. The lowest BCUT2D eigenvalue weighted by molar-refractivity contribution is 0.0767. The average molecular weight is 296 g/mol. The van der Waals surface area contributed by atoms with E-state index >= 15 is 0 Å². The summed E-state index contributed by atoms with van der Waals surface area (Å²) in [5.74, 6) is -0.0812. The lowest BCUT2D eigenvalue weighted by Gasteiger charge is -2.16. The Hall–Kier alpha value is -2.83. The first-order chi connectivity index (χ1) is 10.7. The second kappa shape index (κ2) is 5.88. The van der Waals surface area contributed by atoms with Gasteiger partial charge in [-0.15, -0.1) is 0 Å². The molecule has 0 atom stereocenters. The summed E-state index contributed by atoms with van der Waals surface area (Å²) in [7, 11) is 0. The van der Waals surface area contributed by atoms with E-state index in [9.17, 15) is 4.79 Å². The van der Waals surface area contributed by atoms with Crippen molar-refractivity contribution in [1.29, 1.82) is 0 Å². The molecule has 3 heterocycles. The first-order valence-electron chi connectivity index (χ1n) is 7.14. The summed E-state index contributed by atoms with van der Waals surface area (Å²) in [6.45, 7) is 5.20. The maximum atomic E-state index is 12.4. The zero-order chi connectivity index (χ0) is 15.5. The Bertz CT molecular complexity index is 794. The third-order valence-electron chi connectivity index (χ3n) is 3.48. The first-order valence-corrected chi connectivity index (χ1v) is 7.14. The fourth-order valence-electron chi connectivity index (χ4n) is 2.31. The highest BCUT2D eigenvalue weighted by Crippen LogP contribution is 2.18. The molecule has 0 unspecified atom stereocenters. The average Bonchev–Trinajstić information content (AvgIpc) is 3.00. The molecule has 112 valence electrons. The Morgan fingerprint density at radius 1 is 1.23 bits per heavy atom. The third kappa shape index (κ3) is 2.41. The van der Waals surface area contributed by atoms with Gasteiger partial charge in [-0.2, -0.15) is 5.10 Å². The van der Waals surface area contributed by atoms with E-state index in [4.69, 9.17) is 0 Å². The van der Waals surface area contributed by atoms with Crippen LogP contribution in [0.25, 0.3) is 16.9 Å². The van der Waals surface area contributed by atoms with Gasteiger partial charge in [0, 0.05) is 19.3 Å². The van der Waals surface area contributed by atoms with Crippen LogP contribution in [-0.4, -0.2) is 48.5 Å². The molecule has 3 rings (SSSR count). The standard InChI is InChI=1S/C15H16N6O/c1-3-20(4-2)15(22)13-7-11-8-17-9-14(21(11)19-13)12-5-6-16-10-18-12/h5-10H,3-4H2,1-2H3. The molecule has 0 radical (unpaired) electrons. The topological polar surface area (TPSA) is 76.3 Å². The molecule has 3 aromatic heterocycles. The molecule has 0 fully saturated rings. The van der Waals surface area contributed by atoms with Gasteiger partial charge in [0.2, 0.25) is 0 Å². The maximum Gasteiger partial charge on any atom is 0.274 e. The normalized spacial score (nSPS) is 10.8. The van der Waals surface area contributed by atoms with E-state index in [0.717, 1.165) is 11.2 Å². The van der Waals surface area contributed by atoms with Crippen molar-refractivity contribution in [2.75, 3.05) is 13.1 Å². The molecule has 0 saturated carbocycles. The first kappa shape index (κ1) is 14.1. The van der Waals surface area contributed by atoms with Gasteiger partial charge in [0.05, 0.1) is 23.6 Å². The van der Waals surface area contributed by atoms with Crippen LogP contribution in [0.3, 0.4) is 0 Å². The van der Waals surface area contributed by atoms with Crippen LogP contribution in [0.15, 0.2) is 37.1 Å². The van der Waals surface area contributed by atoms with E-state index in [0.29, 0.717) is 24.5 Å². The number of amides is 1. The molecule has 0 saturated heterocycles. The minimum atomic E-state index is -0.0812. The molecule has 1 amide bonds. The molecule has 0 spiro atoms. The highest BCUT2D eigenvalue weighted by molar-refractivity contribution is 5.93. The van der Waals surface area contributed by atoms with Gasteiger partial charge < -0.3 is 4.90 Å². The smallest absolute Gasteiger partial charge is 0.274 e. The van der Waals surface area contributed by atoms with Crippen molar-refractivity contribution >= 4 is 11.4 Å². The van der Waals surface area contributed by atoms with Gasteiger partial charge in [0.15, 0.2) is 5.69 Å². The van der Waals surface area contributed by atoms with E-state index in [1.165, 1.54) is 6.33 Å². The van der Waals surface area contributed by atoms with Crippen molar-refractivity contribution in [3.8, 4) is 11.4 Å². The van der Waals surface area contributed by atoms with Gasteiger partial charge in [-0.25, -0.2) is 14.5 Å².